The van der Waals surface area contributed by atoms with Gasteiger partial charge >= 0.3 is 5.97 Å². The van der Waals surface area contributed by atoms with E-state index < -0.39 is 5.97 Å². The molecule has 176 valence electrons. The number of nitrogens with zero attached hydrogens (tertiary/aromatic N) is 3. The van der Waals surface area contributed by atoms with E-state index in [2.05, 4.69) is 19.8 Å². The van der Waals surface area contributed by atoms with E-state index in [1.165, 1.54) is 25.9 Å². The first-order chi connectivity index (χ1) is 16.1. The summed E-state index contributed by atoms with van der Waals surface area (Å²) < 4.78 is 11.8. The van der Waals surface area contributed by atoms with E-state index in [9.17, 15) is 9.90 Å². The summed E-state index contributed by atoms with van der Waals surface area (Å²) in [5.41, 5.74) is 1.94. The fraction of sp³-hybridized carbons (Fsp3) is 0.520. The molecule has 2 saturated heterocycles. The van der Waals surface area contributed by atoms with Crippen molar-refractivity contribution in [2.24, 2.45) is 0 Å². The summed E-state index contributed by atoms with van der Waals surface area (Å²) in [5.74, 6) is 1.50. The molecule has 0 amide bonds. The van der Waals surface area contributed by atoms with Gasteiger partial charge in [-0.15, -0.1) is 0 Å². The largest absolute Gasteiger partial charge is 0.493 e. The number of nitrogens with one attached hydrogen (secondary N) is 1. The average molecular weight is 453 g/mol. The predicted molar refractivity (Wildman–Crippen MR) is 129 cm³/mol. The summed E-state index contributed by atoms with van der Waals surface area (Å²) in [6, 6.07) is 5.94. The third-order valence-corrected chi connectivity index (χ3v) is 6.91. The molecule has 3 aromatic rings. The van der Waals surface area contributed by atoms with Crippen molar-refractivity contribution in [3.63, 3.8) is 0 Å². The molecule has 0 saturated carbocycles. The van der Waals surface area contributed by atoms with Crippen molar-refractivity contribution in [1.82, 2.24) is 14.9 Å². The second-order valence-corrected chi connectivity index (χ2v) is 9.07. The average Bonchev–Trinajstić information content (AvgIpc) is 3.55. The molecule has 0 radical (unpaired) electrons. The number of ether oxygens (including phenoxy) is 2. The number of hydrogen-bond donors (Lipinski definition) is 2. The molecule has 0 aliphatic carbocycles. The Kier molecular flexibility index (Phi) is 6.26. The van der Waals surface area contributed by atoms with Crippen LogP contribution >= 0.6 is 0 Å². The number of aliphatic carboxylic acids is 1. The lowest BCUT2D eigenvalue weighted by molar-refractivity contribution is -0.137. The zero-order valence-electron chi connectivity index (χ0n) is 19.2. The van der Waals surface area contributed by atoms with Crippen molar-refractivity contribution in [2.45, 2.75) is 44.6 Å². The molecule has 1 aromatic carbocycles. The van der Waals surface area contributed by atoms with E-state index in [1.807, 2.05) is 18.2 Å². The van der Waals surface area contributed by atoms with Gasteiger partial charge in [-0.05, 0) is 57.3 Å². The molecule has 33 heavy (non-hydrogen) atoms. The minimum atomic E-state index is -0.772. The number of methoxy groups -OCH3 is 1. The summed E-state index contributed by atoms with van der Waals surface area (Å²) in [4.78, 5) is 24.2. The van der Waals surface area contributed by atoms with Crippen LogP contribution in [0.1, 0.15) is 38.5 Å². The van der Waals surface area contributed by atoms with Gasteiger partial charge in [-0.3, -0.25) is 4.79 Å². The maximum atomic E-state index is 11.4. The second kappa shape index (κ2) is 9.47. The van der Waals surface area contributed by atoms with Crippen LogP contribution in [0.15, 0.2) is 24.4 Å². The highest BCUT2D eigenvalue weighted by Crippen LogP contribution is 2.40. The summed E-state index contributed by atoms with van der Waals surface area (Å²) in [6.07, 6.45) is 7.34. The molecule has 2 aliphatic heterocycles. The Bertz CT molecular complexity index is 1140. The smallest absolute Gasteiger partial charge is 0.305 e. The maximum Gasteiger partial charge on any atom is 0.305 e. The molecule has 0 bridgehead atoms. The predicted octanol–water partition coefficient (Wildman–Crippen LogP) is 4.03. The number of H-pyrrole nitrogens is 1. The number of carboxylic acid groups (broad SMARTS) is 1. The van der Waals surface area contributed by atoms with Crippen LogP contribution in [0.25, 0.3) is 21.8 Å². The first-order valence-corrected chi connectivity index (χ1v) is 12.0. The Morgan fingerprint density at radius 3 is 2.82 bits per heavy atom. The summed E-state index contributed by atoms with van der Waals surface area (Å²) in [7, 11) is 1.66. The molecule has 1 atom stereocenters. The standard InChI is InChI=1S/C25H32N4O4/c1-32-21-15-18-20(16-22(21)33-13-5-11-28-9-2-3-10-28)27-19-7-8-26-25(24(18)19)29-12-4-6-17(29)14-23(30)31/h7-8,15-17,27H,2-6,9-14H2,1H3,(H,30,31). The van der Waals surface area contributed by atoms with E-state index in [4.69, 9.17) is 9.47 Å². The normalized spacial score (nSPS) is 19.1. The SMILES string of the molecule is COc1cc2c(cc1OCCCN1CCCC1)[nH]c1ccnc(N3CCCC3CC(=O)O)c12. The van der Waals surface area contributed by atoms with E-state index >= 15 is 0 Å². The van der Waals surface area contributed by atoms with Gasteiger partial charge in [-0.2, -0.15) is 0 Å². The number of benzene rings is 1. The minimum Gasteiger partial charge on any atom is -0.493 e. The highest BCUT2D eigenvalue weighted by atomic mass is 16.5. The number of carbonyl (C=O) groups is 1. The lowest BCUT2D eigenvalue weighted by Gasteiger charge is -2.25. The fourth-order valence-corrected chi connectivity index (χ4v) is 5.33. The molecule has 1 unspecified atom stereocenters. The van der Waals surface area contributed by atoms with Crippen LogP contribution in [0.3, 0.4) is 0 Å². The molecule has 4 heterocycles. The van der Waals surface area contributed by atoms with E-state index in [0.29, 0.717) is 12.4 Å². The van der Waals surface area contributed by atoms with Gasteiger partial charge in [0.2, 0.25) is 0 Å². The Balaban J connectivity index is 1.43. The first-order valence-electron chi connectivity index (χ1n) is 12.0. The van der Waals surface area contributed by atoms with Crippen LogP contribution in [-0.2, 0) is 4.79 Å². The minimum absolute atomic E-state index is 0.0364. The zero-order chi connectivity index (χ0) is 22.8. The third kappa shape index (κ3) is 4.44. The van der Waals surface area contributed by atoms with Crippen molar-refractivity contribution in [3.05, 3.63) is 24.4 Å². The van der Waals surface area contributed by atoms with Crippen LogP contribution in [-0.4, -0.2) is 71.9 Å². The molecule has 2 N–H and O–H groups in total. The molecule has 2 aliphatic rings. The summed E-state index contributed by atoms with van der Waals surface area (Å²) in [6.45, 7) is 4.93. The molecule has 8 nitrogen and oxygen atoms in total. The highest BCUT2D eigenvalue weighted by Gasteiger charge is 2.29. The van der Waals surface area contributed by atoms with Crippen LogP contribution in [0.4, 0.5) is 5.82 Å². The molecular formula is C25H32N4O4. The third-order valence-electron chi connectivity index (χ3n) is 6.91. The number of carboxylic acids is 1. The number of likely N-dealkylation sites (tertiary alicyclic amines) is 1. The van der Waals surface area contributed by atoms with Crippen molar-refractivity contribution < 1.29 is 19.4 Å². The van der Waals surface area contributed by atoms with Crippen LogP contribution in [0.2, 0.25) is 0 Å². The fourth-order valence-electron chi connectivity index (χ4n) is 5.33. The molecule has 5 rings (SSSR count). The van der Waals surface area contributed by atoms with Gasteiger partial charge in [0.25, 0.3) is 0 Å². The molecule has 2 aromatic heterocycles. The summed E-state index contributed by atoms with van der Waals surface area (Å²) in [5, 5.41) is 11.4. The zero-order valence-corrected chi connectivity index (χ0v) is 19.2. The lowest BCUT2D eigenvalue weighted by atomic mass is 10.1. The van der Waals surface area contributed by atoms with Crippen molar-refractivity contribution in [2.75, 3.05) is 44.8 Å². The number of hydrogen-bond acceptors (Lipinski definition) is 6. The van der Waals surface area contributed by atoms with E-state index in [-0.39, 0.29) is 12.5 Å². The number of rotatable bonds is 9. The van der Waals surface area contributed by atoms with Crippen LogP contribution in [0.5, 0.6) is 11.5 Å². The van der Waals surface area contributed by atoms with Crippen molar-refractivity contribution in [3.8, 4) is 11.5 Å². The molecule has 2 fully saturated rings. The quantitative estimate of drug-likeness (QED) is 0.474. The van der Waals surface area contributed by atoms with Crippen molar-refractivity contribution >= 4 is 33.6 Å². The number of aromatic amines is 1. The Morgan fingerprint density at radius 2 is 2.03 bits per heavy atom. The monoisotopic (exact) mass is 452 g/mol. The van der Waals surface area contributed by atoms with E-state index in [1.54, 1.807) is 13.3 Å². The molecule has 0 spiro atoms. The second-order valence-electron chi connectivity index (χ2n) is 9.07. The van der Waals surface area contributed by atoms with Gasteiger partial charge in [0, 0.05) is 36.8 Å². The Morgan fingerprint density at radius 1 is 1.18 bits per heavy atom. The lowest BCUT2D eigenvalue weighted by Crippen LogP contribution is -2.32. The number of anilines is 1. The van der Waals surface area contributed by atoms with Gasteiger partial charge in [0.05, 0.1) is 36.6 Å². The Labute approximate surface area is 193 Å². The number of aromatic nitrogens is 2. The molecule has 8 heteroatoms. The van der Waals surface area contributed by atoms with Gasteiger partial charge in [0.1, 0.15) is 5.82 Å². The van der Waals surface area contributed by atoms with Gasteiger partial charge in [-0.25, -0.2) is 4.98 Å². The van der Waals surface area contributed by atoms with Crippen LogP contribution in [0, 0.1) is 0 Å². The van der Waals surface area contributed by atoms with Gasteiger partial charge < -0.3 is 29.4 Å². The Hall–Kier alpha value is -3.00. The van der Waals surface area contributed by atoms with Gasteiger partial charge in [0.15, 0.2) is 11.5 Å². The number of pyridine rings is 1. The van der Waals surface area contributed by atoms with Gasteiger partial charge in [-0.1, -0.05) is 0 Å². The first kappa shape index (κ1) is 21.8. The topological polar surface area (TPSA) is 90.9 Å². The summed E-state index contributed by atoms with van der Waals surface area (Å²) >= 11 is 0. The maximum absolute atomic E-state index is 11.4. The van der Waals surface area contributed by atoms with Crippen molar-refractivity contribution in [1.29, 1.82) is 0 Å². The molecular weight excluding hydrogens is 420 g/mol. The van der Waals surface area contributed by atoms with E-state index in [0.717, 1.165) is 65.7 Å². The number of fused-ring (bicyclic) bond motifs is 3. The highest BCUT2D eigenvalue weighted by molar-refractivity contribution is 6.13. The van der Waals surface area contributed by atoms with Crippen LogP contribution < -0.4 is 14.4 Å².